The van der Waals surface area contributed by atoms with Gasteiger partial charge in [-0.05, 0) is 67.1 Å². The summed E-state index contributed by atoms with van der Waals surface area (Å²) < 4.78 is 0. The van der Waals surface area contributed by atoms with Gasteiger partial charge in [-0.1, -0.05) is 24.3 Å². The molecule has 0 bridgehead atoms. The molecule has 164 valence electrons. The maximum atomic E-state index is 13.2. The Labute approximate surface area is 186 Å². The Bertz CT molecular complexity index is 1220. The van der Waals surface area contributed by atoms with Crippen LogP contribution in [0.2, 0.25) is 0 Å². The van der Waals surface area contributed by atoms with Crippen LogP contribution in [-0.2, 0) is 13.0 Å². The summed E-state index contributed by atoms with van der Waals surface area (Å²) in [6, 6.07) is 14.1. The number of anilines is 2. The van der Waals surface area contributed by atoms with Crippen molar-refractivity contribution >= 4 is 23.2 Å². The minimum absolute atomic E-state index is 0.0140. The average Bonchev–Trinajstić information content (AvgIpc) is 3.05. The third-order valence-corrected chi connectivity index (χ3v) is 5.68. The number of H-pyrrole nitrogens is 1. The van der Waals surface area contributed by atoms with Gasteiger partial charge in [-0.15, -0.1) is 0 Å². The number of carbonyl (C=O) groups is 2. The van der Waals surface area contributed by atoms with E-state index in [-0.39, 0.29) is 23.6 Å². The van der Waals surface area contributed by atoms with Crippen LogP contribution in [0.1, 0.15) is 45.5 Å². The molecule has 2 aromatic carbocycles. The lowest BCUT2D eigenvalue weighted by atomic mass is 9.95. The molecule has 0 saturated carbocycles. The van der Waals surface area contributed by atoms with Crippen LogP contribution < -0.4 is 21.5 Å². The highest BCUT2D eigenvalue weighted by atomic mass is 16.2. The average molecular weight is 431 g/mol. The van der Waals surface area contributed by atoms with Crippen molar-refractivity contribution in [1.82, 2.24) is 10.3 Å². The van der Waals surface area contributed by atoms with Gasteiger partial charge < -0.3 is 20.9 Å². The number of aromatic amines is 1. The number of hydrogen-bond donors (Lipinski definition) is 4. The first-order chi connectivity index (χ1) is 15.5. The summed E-state index contributed by atoms with van der Waals surface area (Å²) in [5, 5.41) is 8.70. The smallest absolute Gasteiger partial charge is 0.319 e. The lowest BCUT2D eigenvalue weighted by molar-refractivity contribution is 0.103. The molecule has 4 rings (SSSR count). The largest absolute Gasteiger partial charge is 0.384 e. The summed E-state index contributed by atoms with van der Waals surface area (Å²) in [6.45, 7) is 3.06. The summed E-state index contributed by atoms with van der Waals surface area (Å²) >= 11 is 0. The van der Waals surface area contributed by atoms with Crippen LogP contribution in [0, 0.1) is 6.92 Å². The van der Waals surface area contributed by atoms with Gasteiger partial charge in [0.05, 0.1) is 0 Å². The zero-order valence-electron chi connectivity index (χ0n) is 18.0. The Morgan fingerprint density at radius 3 is 2.75 bits per heavy atom. The van der Waals surface area contributed by atoms with Gasteiger partial charge in [-0.3, -0.25) is 9.59 Å². The summed E-state index contributed by atoms with van der Waals surface area (Å²) in [6.07, 6.45) is 4.69. The van der Waals surface area contributed by atoms with Gasteiger partial charge in [0.15, 0.2) is 5.78 Å². The van der Waals surface area contributed by atoms with Gasteiger partial charge in [0.1, 0.15) is 5.69 Å². The molecule has 0 spiro atoms. The van der Waals surface area contributed by atoms with E-state index in [0.29, 0.717) is 11.1 Å². The quantitative estimate of drug-likeness (QED) is 0.460. The normalized spacial score (nSPS) is 12.8. The molecule has 1 aliphatic rings. The number of hydrogen-bond acceptors (Lipinski definition) is 4. The van der Waals surface area contributed by atoms with Gasteiger partial charge in [-0.2, -0.15) is 0 Å². The molecule has 0 fully saturated rings. The van der Waals surface area contributed by atoms with Crippen LogP contribution in [0.5, 0.6) is 0 Å². The molecule has 0 radical (unpaired) electrons. The third kappa shape index (κ3) is 4.72. The Hall–Kier alpha value is -3.87. The molecule has 2 heterocycles. The van der Waals surface area contributed by atoms with Gasteiger partial charge in [0, 0.05) is 36.1 Å². The van der Waals surface area contributed by atoms with Crippen molar-refractivity contribution in [3.63, 3.8) is 0 Å². The van der Waals surface area contributed by atoms with E-state index in [4.69, 9.17) is 0 Å². The number of benzene rings is 2. The predicted molar refractivity (Wildman–Crippen MR) is 125 cm³/mol. The standard InChI is InChI=1S/C25H26N4O3/c1-16-14-18(23(30)20-8-4-7-17-6-2-3-12-26-22(17)20)10-11-19(16)15-28-25(32)29-21-9-5-13-27-24(21)31/h4-5,7-11,13-14,26H,2-3,6,12,15H2,1H3,(H,27,31)(H2,28,29,32). The molecule has 4 N–H and O–H groups in total. The lowest BCUT2D eigenvalue weighted by Crippen LogP contribution is -2.30. The highest BCUT2D eigenvalue weighted by Crippen LogP contribution is 2.28. The van der Waals surface area contributed by atoms with Crippen molar-refractivity contribution in [2.75, 3.05) is 17.2 Å². The summed E-state index contributed by atoms with van der Waals surface area (Å²) in [5.41, 5.74) is 5.06. The fraction of sp³-hybridized carbons (Fsp3) is 0.240. The fourth-order valence-electron chi connectivity index (χ4n) is 3.91. The lowest BCUT2D eigenvalue weighted by Gasteiger charge is -2.14. The molecule has 0 atom stereocenters. The highest BCUT2D eigenvalue weighted by Gasteiger charge is 2.18. The van der Waals surface area contributed by atoms with Crippen molar-refractivity contribution in [3.8, 4) is 0 Å². The van der Waals surface area contributed by atoms with Crippen molar-refractivity contribution in [2.45, 2.75) is 32.7 Å². The Morgan fingerprint density at radius 2 is 1.94 bits per heavy atom. The van der Waals surface area contributed by atoms with E-state index in [1.165, 1.54) is 17.8 Å². The number of para-hydroxylation sites is 1. The number of nitrogens with one attached hydrogen (secondary N) is 4. The molecule has 1 aromatic heterocycles. The zero-order valence-corrected chi connectivity index (χ0v) is 18.0. The fourth-order valence-corrected chi connectivity index (χ4v) is 3.91. The number of urea groups is 1. The van der Waals surface area contributed by atoms with E-state index in [0.717, 1.165) is 42.6 Å². The van der Waals surface area contributed by atoms with E-state index in [1.807, 2.05) is 31.2 Å². The number of fused-ring (bicyclic) bond motifs is 1. The van der Waals surface area contributed by atoms with Gasteiger partial charge in [0.2, 0.25) is 0 Å². The SMILES string of the molecule is Cc1cc(C(=O)c2cccc3c2NCCCC3)ccc1CNC(=O)Nc1ccc[nH]c1=O. The second-order valence-corrected chi connectivity index (χ2v) is 7.91. The van der Waals surface area contributed by atoms with Crippen LogP contribution in [0.3, 0.4) is 0 Å². The minimum atomic E-state index is -0.473. The molecular weight excluding hydrogens is 404 g/mol. The van der Waals surface area contributed by atoms with E-state index in [9.17, 15) is 14.4 Å². The number of aromatic nitrogens is 1. The molecule has 1 aliphatic heterocycles. The highest BCUT2D eigenvalue weighted by molar-refractivity contribution is 6.12. The number of aryl methyl sites for hydroxylation is 2. The Kier molecular flexibility index (Phi) is 6.35. The summed E-state index contributed by atoms with van der Waals surface area (Å²) in [7, 11) is 0. The minimum Gasteiger partial charge on any atom is -0.384 e. The second kappa shape index (κ2) is 9.51. The zero-order chi connectivity index (χ0) is 22.5. The number of pyridine rings is 1. The predicted octanol–water partition coefficient (Wildman–Crippen LogP) is 3.98. The van der Waals surface area contributed by atoms with Crippen LogP contribution >= 0.6 is 0 Å². The van der Waals surface area contributed by atoms with E-state index in [2.05, 4.69) is 27.0 Å². The second-order valence-electron chi connectivity index (χ2n) is 7.91. The molecule has 3 aromatic rings. The number of carbonyl (C=O) groups excluding carboxylic acids is 2. The third-order valence-electron chi connectivity index (χ3n) is 5.68. The Morgan fingerprint density at radius 1 is 1.06 bits per heavy atom. The summed E-state index contributed by atoms with van der Waals surface area (Å²) in [4.78, 5) is 39.6. The van der Waals surface area contributed by atoms with Crippen molar-refractivity contribution < 1.29 is 9.59 Å². The van der Waals surface area contributed by atoms with Crippen LogP contribution in [0.4, 0.5) is 16.2 Å². The maximum Gasteiger partial charge on any atom is 0.319 e. The molecule has 0 unspecified atom stereocenters. The molecular formula is C25H26N4O3. The molecule has 7 heteroatoms. The maximum absolute atomic E-state index is 13.2. The number of ketones is 1. The first kappa shape index (κ1) is 21.4. The number of rotatable bonds is 5. The topological polar surface area (TPSA) is 103 Å². The van der Waals surface area contributed by atoms with E-state index in [1.54, 1.807) is 12.1 Å². The van der Waals surface area contributed by atoms with Gasteiger partial charge in [0.25, 0.3) is 5.56 Å². The summed E-state index contributed by atoms with van der Waals surface area (Å²) in [5.74, 6) is -0.0140. The first-order valence-corrected chi connectivity index (χ1v) is 10.8. The van der Waals surface area contributed by atoms with Gasteiger partial charge in [-0.25, -0.2) is 4.79 Å². The molecule has 2 amide bonds. The van der Waals surface area contributed by atoms with Crippen molar-refractivity contribution in [2.24, 2.45) is 0 Å². The van der Waals surface area contributed by atoms with Crippen LogP contribution in [-0.4, -0.2) is 23.3 Å². The molecule has 0 aliphatic carbocycles. The van der Waals surface area contributed by atoms with Crippen LogP contribution in [0.25, 0.3) is 0 Å². The Balaban J connectivity index is 1.46. The number of amides is 2. The first-order valence-electron chi connectivity index (χ1n) is 10.8. The van der Waals surface area contributed by atoms with E-state index < -0.39 is 6.03 Å². The van der Waals surface area contributed by atoms with Crippen molar-refractivity contribution in [3.05, 3.63) is 92.9 Å². The van der Waals surface area contributed by atoms with Crippen LogP contribution in [0.15, 0.2) is 59.5 Å². The molecule has 32 heavy (non-hydrogen) atoms. The van der Waals surface area contributed by atoms with Crippen molar-refractivity contribution in [1.29, 1.82) is 0 Å². The van der Waals surface area contributed by atoms with E-state index >= 15 is 0 Å². The van der Waals surface area contributed by atoms with Gasteiger partial charge >= 0.3 is 6.03 Å². The monoisotopic (exact) mass is 430 g/mol. The molecule has 7 nitrogen and oxygen atoms in total. The molecule has 0 saturated heterocycles.